The zero-order valence-electron chi connectivity index (χ0n) is 18.1. The number of halogens is 1. The van der Waals surface area contributed by atoms with Crippen LogP contribution in [0.2, 0.25) is 0 Å². The van der Waals surface area contributed by atoms with Crippen LogP contribution in [0.25, 0.3) is 16.9 Å². The number of aryl methyl sites for hydroxylation is 3. The Morgan fingerprint density at radius 2 is 2.06 bits per heavy atom. The van der Waals surface area contributed by atoms with Crippen LogP contribution in [0.3, 0.4) is 0 Å². The maximum Gasteiger partial charge on any atom is 0.274 e. The number of amides is 1. The molecule has 1 unspecified atom stereocenters. The molecule has 1 saturated heterocycles. The highest BCUT2D eigenvalue weighted by Crippen LogP contribution is 2.25. The SMILES string of the molecule is Cc1cc(C)nc(-c2cnn(C)c2C(=O)Nc2ccn3nc(N4CCC(F)C4)nc3c2)c1. The van der Waals surface area contributed by atoms with Crippen LogP contribution in [-0.2, 0) is 7.05 Å². The van der Waals surface area contributed by atoms with Gasteiger partial charge in [0, 0.05) is 37.2 Å². The van der Waals surface area contributed by atoms with Crippen molar-refractivity contribution in [3.8, 4) is 11.3 Å². The molecule has 1 aliphatic rings. The van der Waals surface area contributed by atoms with Crippen molar-refractivity contribution in [3.05, 3.63) is 53.6 Å². The molecule has 0 spiro atoms. The highest BCUT2D eigenvalue weighted by atomic mass is 19.1. The fourth-order valence-electron chi connectivity index (χ4n) is 4.04. The van der Waals surface area contributed by atoms with E-state index in [1.807, 2.05) is 30.9 Å². The monoisotopic (exact) mass is 434 g/mol. The molecule has 1 atom stereocenters. The summed E-state index contributed by atoms with van der Waals surface area (Å²) in [6.45, 7) is 4.81. The molecular formula is C22H23FN8O. The summed E-state index contributed by atoms with van der Waals surface area (Å²) >= 11 is 0. The van der Waals surface area contributed by atoms with Gasteiger partial charge in [-0.2, -0.15) is 10.1 Å². The number of carbonyl (C=O) groups is 1. The largest absolute Gasteiger partial charge is 0.336 e. The Morgan fingerprint density at radius 3 is 2.81 bits per heavy atom. The van der Waals surface area contributed by atoms with Crippen molar-refractivity contribution in [2.75, 3.05) is 23.3 Å². The molecule has 0 aliphatic carbocycles. The number of nitrogens with one attached hydrogen (secondary N) is 1. The molecule has 10 heteroatoms. The summed E-state index contributed by atoms with van der Waals surface area (Å²) in [4.78, 5) is 24.0. The predicted octanol–water partition coefficient (Wildman–Crippen LogP) is 2.94. The summed E-state index contributed by atoms with van der Waals surface area (Å²) in [7, 11) is 1.73. The van der Waals surface area contributed by atoms with E-state index in [2.05, 4.69) is 25.5 Å². The lowest BCUT2D eigenvalue weighted by Gasteiger charge is -2.10. The van der Waals surface area contributed by atoms with E-state index < -0.39 is 6.17 Å². The van der Waals surface area contributed by atoms with Crippen LogP contribution in [0, 0.1) is 13.8 Å². The van der Waals surface area contributed by atoms with E-state index in [4.69, 9.17) is 0 Å². The lowest BCUT2D eigenvalue weighted by Crippen LogP contribution is -2.21. The molecule has 164 valence electrons. The Labute approximate surface area is 183 Å². The number of anilines is 2. The lowest BCUT2D eigenvalue weighted by atomic mass is 10.1. The zero-order valence-corrected chi connectivity index (χ0v) is 18.1. The van der Waals surface area contributed by atoms with Crippen molar-refractivity contribution in [3.63, 3.8) is 0 Å². The first-order valence-corrected chi connectivity index (χ1v) is 10.4. The van der Waals surface area contributed by atoms with Crippen molar-refractivity contribution < 1.29 is 9.18 Å². The second-order valence-corrected chi connectivity index (χ2v) is 8.12. The Hall–Kier alpha value is -3.82. The molecule has 9 nitrogen and oxygen atoms in total. The second kappa shape index (κ2) is 7.70. The Bertz CT molecular complexity index is 1310. The highest BCUT2D eigenvalue weighted by molar-refractivity contribution is 6.07. The third-order valence-corrected chi connectivity index (χ3v) is 5.53. The first-order chi connectivity index (χ1) is 15.4. The molecule has 32 heavy (non-hydrogen) atoms. The molecular weight excluding hydrogens is 411 g/mol. The molecule has 1 aliphatic heterocycles. The summed E-state index contributed by atoms with van der Waals surface area (Å²) in [5.74, 6) is 0.188. The number of fused-ring (bicyclic) bond motifs is 1. The van der Waals surface area contributed by atoms with Gasteiger partial charge in [0.05, 0.1) is 24.0 Å². The Kier molecular flexibility index (Phi) is 4.84. The number of carbonyl (C=O) groups excluding carboxylic acids is 1. The number of rotatable bonds is 4. The van der Waals surface area contributed by atoms with Gasteiger partial charge < -0.3 is 10.2 Å². The van der Waals surface area contributed by atoms with Gasteiger partial charge >= 0.3 is 0 Å². The fraction of sp³-hybridized carbons (Fsp3) is 0.318. The number of nitrogens with zero attached hydrogens (tertiary/aromatic N) is 7. The third-order valence-electron chi connectivity index (χ3n) is 5.53. The van der Waals surface area contributed by atoms with Crippen LogP contribution < -0.4 is 10.2 Å². The van der Waals surface area contributed by atoms with Gasteiger partial charge in [0.25, 0.3) is 5.91 Å². The summed E-state index contributed by atoms with van der Waals surface area (Å²) < 4.78 is 16.7. The number of aromatic nitrogens is 6. The summed E-state index contributed by atoms with van der Waals surface area (Å²) in [6.07, 6.45) is 3.01. The molecule has 4 aromatic heterocycles. The van der Waals surface area contributed by atoms with E-state index in [-0.39, 0.29) is 5.91 Å². The van der Waals surface area contributed by atoms with E-state index in [1.165, 1.54) is 0 Å². The second-order valence-electron chi connectivity index (χ2n) is 8.12. The number of pyridine rings is 2. The zero-order chi connectivity index (χ0) is 22.4. The van der Waals surface area contributed by atoms with Crippen LogP contribution in [0.5, 0.6) is 0 Å². The fourth-order valence-corrected chi connectivity index (χ4v) is 4.04. The molecule has 5 rings (SSSR count). The Morgan fingerprint density at radius 1 is 1.22 bits per heavy atom. The quantitative estimate of drug-likeness (QED) is 0.531. The molecule has 4 aromatic rings. The van der Waals surface area contributed by atoms with Gasteiger partial charge in [-0.15, -0.1) is 5.10 Å². The van der Waals surface area contributed by atoms with Crippen LogP contribution in [0.1, 0.15) is 28.2 Å². The molecule has 1 amide bonds. The van der Waals surface area contributed by atoms with Crippen LogP contribution >= 0.6 is 0 Å². The van der Waals surface area contributed by atoms with Gasteiger partial charge in [-0.05, 0) is 44.0 Å². The third kappa shape index (κ3) is 3.68. The van der Waals surface area contributed by atoms with Crippen LogP contribution in [0.4, 0.5) is 16.0 Å². The minimum Gasteiger partial charge on any atom is -0.336 e. The smallest absolute Gasteiger partial charge is 0.274 e. The summed E-state index contributed by atoms with van der Waals surface area (Å²) in [5.41, 5.74) is 4.87. The molecule has 0 radical (unpaired) electrons. The van der Waals surface area contributed by atoms with E-state index in [0.29, 0.717) is 53.7 Å². The predicted molar refractivity (Wildman–Crippen MR) is 119 cm³/mol. The maximum atomic E-state index is 13.5. The summed E-state index contributed by atoms with van der Waals surface area (Å²) in [6, 6.07) is 7.40. The topological polar surface area (TPSA) is 93.2 Å². The first kappa shape index (κ1) is 20.1. The van der Waals surface area contributed by atoms with Crippen molar-refractivity contribution in [2.24, 2.45) is 7.05 Å². The van der Waals surface area contributed by atoms with E-state index in [1.54, 1.807) is 40.8 Å². The molecule has 1 N–H and O–H groups in total. The van der Waals surface area contributed by atoms with Crippen molar-refractivity contribution in [2.45, 2.75) is 26.4 Å². The lowest BCUT2D eigenvalue weighted by molar-refractivity contribution is 0.101. The van der Waals surface area contributed by atoms with Crippen molar-refractivity contribution in [1.29, 1.82) is 0 Å². The number of hydrogen-bond acceptors (Lipinski definition) is 6. The van der Waals surface area contributed by atoms with E-state index in [9.17, 15) is 9.18 Å². The van der Waals surface area contributed by atoms with Crippen molar-refractivity contribution >= 4 is 23.2 Å². The van der Waals surface area contributed by atoms with E-state index in [0.717, 1.165) is 11.3 Å². The van der Waals surface area contributed by atoms with Crippen LogP contribution in [-0.4, -0.2) is 54.5 Å². The van der Waals surface area contributed by atoms with Gasteiger partial charge in [0.2, 0.25) is 5.95 Å². The minimum absolute atomic E-state index is 0.301. The first-order valence-electron chi connectivity index (χ1n) is 10.4. The minimum atomic E-state index is -0.851. The highest BCUT2D eigenvalue weighted by Gasteiger charge is 2.25. The standard InChI is InChI=1S/C22H23FN8O/c1-13-8-14(2)25-18(9-13)17-11-24-29(3)20(17)21(32)26-16-5-7-31-19(10-16)27-22(28-31)30-6-4-15(23)12-30/h5,7-11,15H,4,6,12H2,1-3H3,(H,26,32). The van der Waals surface area contributed by atoms with Gasteiger partial charge in [0.1, 0.15) is 11.9 Å². The van der Waals surface area contributed by atoms with Gasteiger partial charge in [-0.1, -0.05) is 0 Å². The molecule has 1 fully saturated rings. The van der Waals surface area contributed by atoms with Gasteiger partial charge in [-0.3, -0.25) is 14.5 Å². The average molecular weight is 434 g/mol. The van der Waals surface area contributed by atoms with Crippen molar-refractivity contribution in [1.82, 2.24) is 29.4 Å². The average Bonchev–Trinajstić information content (AvgIpc) is 3.44. The summed E-state index contributed by atoms with van der Waals surface area (Å²) in [5, 5.41) is 11.6. The Balaban J connectivity index is 1.42. The van der Waals surface area contributed by atoms with Crippen LogP contribution in [0.15, 0.2) is 36.7 Å². The molecule has 0 bridgehead atoms. The molecule has 5 heterocycles. The number of hydrogen-bond donors (Lipinski definition) is 1. The molecule has 0 aromatic carbocycles. The van der Waals surface area contributed by atoms with Gasteiger partial charge in [0.15, 0.2) is 5.65 Å². The van der Waals surface area contributed by atoms with Gasteiger partial charge in [-0.25, -0.2) is 8.91 Å². The normalized spacial score (nSPS) is 16.1. The van der Waals surface area contributed by atoms with E-state index >= 15 is 0 Å². The number of alkyl halides is 1. The molecule has 0 saturated carbocycles. The maximum absolute atomic E-state index is 13.5.